The molecule has 0 radical (unpaired) electrons. The van der Waals surface area contributed by atoms with Crippen LogP contribution in [0.4, 0.5) is 23.0 Å². The van der Waals surface area contributed by atoms with Gasteiger partial charge in [0.2, 0.25) is 0 Å². The Morgan fingerprint density at radius 3 is 2.57 bits per heavy atom. The number of halogens is 1. The van der Waals surface area contributed by atoms with Crippen molar-refractivity contribution in [3.8, 4) is 11.5 Å². The molecule has 1 aromatic carbocycles. The number of nitrogen functional groups attached to an aromatic ring is 1. The second-order valence-corrected chi connectivity index (χ2v) is 10.0. The molecule has 2 aromatic rings. The first-order valence-corrected chi connectivity index (χ1v) is 10.6. The van der Waals surface area contributed by atoms with E-state index in [1.165, 1.54) is 12.8 Å². The summed E-state index contributed by atoms with van der Waals surface area (Å²) in [5.41, 5.74) is 8.35. The van der Waals surface area contributed by atoms with Crippen LogP contribution in [0.2, 0.25) is 5.02 Å². The minimum atomic E-state index is 0.282. The van der Waals surface area contributed by atoms with Crippen LogP contribution in [-0.2, 0) is 0 Å². The van der Waals surface area contributed by atoms with Gasteiger partial charge in [-0.2, -0.15) is 0 Å². The summed E-state index contributed by atoms with van der Waals surface area (Å²) < 4.78 is 10.8. The Balaban J connectivity index is 1.66. The highest BCUT2D eigenvalue weighted by Gasteiger charge is 2.50. The smallest absolute Gasteiger partial charge is 0.159 e. The molecule has 4 rings (SSSR count). The molecule has 2 aliphatic rings. The van der Waals surface area contributed by atoms with Crippen LogP contribution in [0.3, 0.4) is 0 Å². The number of aromatic nitrogens is 2. The van der Waals surface area contributed by atoms with Crippen molar-refractivity contribution in [2.24, 2.45) is 10.8 Å². The van der Waals surface area contributed by atoms with Gasteiger partial charge in [0.15, 0.2) is 11.6 Å². The van der Waals surface area contributed by atoms with Crippen LogP contribution in [0.5, 0.6) is 11.5 Å². The highest BCUT2D eigenvalue weighted by Crippen LogP contribution is 2.54. The summed E-state index contributed by atoms with van der Waals surface area (Å²) in [6, 6.07) is 3.91. The van der Waals surface area contributed by atoms with E-state index in [0.717, 1.165) is 18.8 Å². The van der Waals surface area contributed by atoms with E-state index in [-0.39, 0.29) is 5.41 Å². The van der Waals surface area contributed by atoms with Gasteiger partial charge in [-0.1, -0.05) is 32.4 Å². The van der Waals surface area contributed by atoms with Gasteiger partial charge in [0.1, 0.15) is 23.5 Å². The third-order valence-electron chi connectivity index (χ3n) is 6.28. The highest BCUT2D eigenvalue weighted by atomic mass is 35.5. The number of nitrogens with one attached hydrogen (secondary N) is 1. The summed E-state index contributed by atoms with van der Waals surface area (Å²) in [6.45, 7) is 8.05. The fourth-order valence-corrected chi connectivity index (χ4v) is 5.75. The van der Waals surface area contributed by atoms with Crippen molar-refractivity contribution in [2.45, 2.75) is 46.1 Å². The molecule has 1 aromatic heterocycles. The van der Waals surface area contributed by atoms with Crippen molar-refractivity contribution >= 4 is 34.6 Å². The van der Waals surface area contributed by atoms with Crippen LogP contribution in [-0.4, -0.2) is 36.8 Å². The minimum absolute atomic E-state index is 0.282. The van der Waals surface area contributed by atoms with E-state index in [1.54, 1.807) is 32.7 Å². The molecule has 2 heterocycles. The van der Waals surface area contributed by atoms with Crippen LogP contribution in [0.15, 0.2) is 18.5 Å². The summed E-state index contributed by atoms with van der Waals surface area (Å²) in [5, 5.41) is 3.73. The molecule has 2 bridgehead atoms. The van der Waals surface area contributed by atoms with E-state index >= 15 is 0 Å². The van der Waals surface area contributed by atoms with Crippen molar-refractivity contribution < 1.29 is 9.47 Å². The lowest BCUT2D eigenvalue weighted by Gasteiger charge is -2.39. The first kappa shape index (κ1) is 20.8. The van der Waals surface area contributed by atoms with Crippen LogP contribution in [0, 0.1) is 10.8 Å². The Morgan fingerprint density at radius 2 is 1.87 bits per heavy atom. The molecule has 0 spiro atoms. The molecule has 1 aliphatic heterocycles. The van der Waals surface area contributed by atoms with Gasteiger partial charge in [0.25, 0.3) is 0 Å². The third kappa shape index (κ3) is 3.71. The zero-order chi connectivity index (χ0) is 21.7. The molecule has 2 fully saturated rings. The number of nitrogens with zero attached hydrogens (tertiary/aromatic N) is 3. The number of fused-ring (bicyclic) bond motifs is 2. The topological polar surface area (TPSA) is 85.5 Å². The average molecular weight is 432 g/mol. The lowest BCUT2D eigenvalue weighted by molar-refractivity contribution is 0.136. The molecule has 2 atom stereocenters. The molecule has 162 valence electrons. The maximum Gasteiger partial charge on any atom is 0.159 e. The molecule has 1 saturated carbocycles. The zero-order valence-corrected chi connectivity index (χ0v) is 19.0. The summed E-state index contributed by atoms with van der Waals surface area (Å²) in [7, 11) is 3.16. The molecule has 7 nitrogen and oxygen atoms in total. The standard InChI is InChI=1S/C22H30ClN5O2/c1-21(2)8-13-9-22(3,10-21)11-28(13)20-18(24)19(25-12-26-20)27-15-6-14(23)16(29-4)7-17(15)30-5/h6-7,12-13H,8-11,24H2,1-5H3,(H,25,26,27). The maximum atomic E-state index is 6.56. The first-order chi connectivity index (χ1) is 14.1. The Kier molecular flexibility index (Phi) is 5.12. The van der Waals surface area contributed by atoms with Gasteiger partial charge in [-0.25, -0.2) is 9.97 Å². The summed E-state index contributed by atoms with van der Waals surface area (Å²) >= 11 is 6.31. The van der Waals surface area contributed by atoms with E-state index in [1.807, 2.05) is 0 Å². The zero-order valence-electron chi connectivity index (χ0n) is 18.3. The van der Waals surface area contributed by atoms with Gasteiger partial charge >= 0.3 is 0 Å². The lowest BCUT2D eigenvalue weighted by atomic mass is 9.65. The molecule has 0 amide bonds. The molecule has 1 saturated heterocycles. The fraction of sp³-hybridized carbons (Fsp3) is 0.545. The predicted molar refractivity (Wildman–Crippen MR) is 121 cm³/mol. The number of anilines is 4. The molecule has 3 N–H and O–H groups in total. The van der Waals surface area contributed by atoms with Crippen molar-refractivity contribution in [1.29, 1.82) is 0 Å². The minimum Gasteiger partial charge on any atom is -0.495 e. The number of ether oxygens (including phenoxy) is 2. The lowest BCUT2D eigenvalue weighted by Crippen LogP contribution is -2.35. The van der Waals surface area contributed by atoms with Gasteiger partial charge < -0.3 is 25.4 Å². The van der Waals surface area contributed by atoms with E-state index < -0.39 is 0 Å². The van der Waals surface area contributed by atoms with Crippen molar-refractivity contribution in [3.63, 3.8) is 0 Å². The van der Waals surface area contributed by atoms with Crippen LogP contribution in [0.25, 0.3) is 0 Å². The van der Waals surface area contributed by atoms with Gasteiger partial charge in [-0.15, -0.1) is 0 Å². The molecule has 8 heteroatoms. The predicted octanol–water partition coefficient (Wildman–Crippen LogP) is 4.88. The van der Waals surface area contributed by atoms with Crippen LogP contribution in [0.1, 0.15) is 40.0 Å². The average Bonchev–Trinajstić information content (AvgIpc) is 2.92. The van der Waals surface area contributed by atoms with Crippen LogP contribution < -0.4 is 25.4 Å². The Morgan fingerprint density at radius 1 is 1.13 bits per heavy atom. The van der Waals surface area contributed by atoms with E-state index in [4.69, 9.17) is 26.8 Å². The number of hydrogen-bond donors (Lipinski definition) is 2. The summed E-state index contributed by atoms with van der Waals surface area (Å²) in [4.78, 5) is 11.3. The van der Waals surface area contributed by atoms with E-state index in [0.29, 0.717) is 45.2 Å². The Bertz CT molecular complexity index is 967. The van der Waals surface area contributed by atoms with Gasteiger partial charge in [0, 0.05) is 18.7 Å². The number of rotatable bonds is 5. The monoisotopic (exact) mass is 431 g/mol. The number of nitrogens with two attached hydrogens (primary N) is 1. The third-order valence-corrected chi connectivity index (χ3v) is 6.57. The van der Waals surface area contributed by atoms with Crippen molar-refractivity contribution in [3.05, 3.63) is 23.5 Å². The maximum absolute atomic E-state index is 6.56. The fourth-order valence-electron chi connectivity index (χ4n) is 5.51. The summed E-state index contributed by atoms with van der Waals surface area (Å²) in [6.07, 6.45) is 5.08. The van der Waals surface area contributed by atoms with Crippen LogP contribution >= 0.6 is 11.6 Å². The quantitative estimate of drug-likeness (QED) is 0.697. The van der Waals surface area contributed by atoms with E-state index in [9.17, 15) is 0 Å². The SMILES string of the molecule is COc1cc(OC)c(Nc2ncnc(N3CC4(C)CC3CC(C)(C)C4)c2N)cc1Cl. The Hall–Kier alpha value is -2.41. The second kappa shape index (κ2) is 7.38. The normalized spacial score (nSPS) is 24.6. The number of benzene rings is 1. The van der Waals surface area contributed by atoms with Gasteiger partial charge in [-0.05, 0) is 36.2 Å². The highest BCUT2D eigenvalue weighted by molar-refractivity contribution is 6.32. The number of hydrogen-bond acceptors (Lipinski definition) is 7. The molecule has 30 heavy (non-hydrogen) atoms. The first-order valence-electron chi connectivity index (χ1n) is 10.2. The van der Waals surface area contributed by atoms with Crippen molar-refractivity contribution in [2.75, 3.05) is 36.7 Å². The van der Waals surface area contributed by atoms with Gasteiger partial charge in [0.05, 0.1) is 24.9 Å². The van der Waals surface area contributed by atoms with E-state index in [2.05, 4.69) is 41.0 Å². The molecule has 1 aliphatic carbocycles. The molecule has 2 unspecified atom stereocenters. The second-order valence-electron chi connectivity index (χ2n) is 9.61. The molecular formula is C22H30ClN5O2. The molecular weight excluding hydrogens is 402 g/mol. The Labute approximate surface area is 182 Å². The largest absolute Gasteiger partial charge is 0.495 e. The summed E-state index contributed by atoms with van der Waals surface area (Å²) in [5.74, 6) is 2.45. The van der Waals surface area contributed by atoms with Crippen molar-refractivity contribution in [1.82, 2.24) is 9.97 Å². The number of methoxy groups -OCH3 is 2. The van der Waals surface area contributed by atoms with Gasteiger partial charge in [-0.3, -0.25) is 0 Å².